The average Bonchev–Trinajstić information content (AvgIpc) is 3.46. The van der Waals surface area contributed by atoms with Gasteiger partial charge < -0.3 is 47.4 Å². The maximum atomic E-state index is 6.48. The lowest BCUT2D eigenvalue weighted by Crippen LogP contribution is -2.32. The summed E-state index contributed by atoms with van der Waals surface area (Å²) in [7, 11) is 12.7. The van der Waals surface area contributed by atoms with Gasteiger partial charge in [-0.25, -0.2) is 0 Å². The number of fused-ring (bicyclic) bond motifs is 3. The highest BCUT2D eigenvalue weighted by Gasteiger charge is 2.56. The standard InChI is InChI=1S/C41H46O10/c1-13-50-35-29(23(3)42-5)33(44-7)31(37(46-9)39(35)48-11)41(27-21-17-15-19-25(27)26-20-16-18-22-28(26)41)32-34(45-8)30(24(4)43-6)36(51-14-2)40(49-12)38(32)47-10/h13-24H,1-2H2,3-12H3. The van der Waals surface area contributed by atoms with E-state index in [1.165, 1.54) is 12.5 Å². The molecule has 0 N–H and O–H groups in total. The van der Waals surface area contributed by atoms with Crippen LogP contribution in [0.15, 0.2) is 74.2 Å². The van der Waals surface area contributed by atoms with Crippen molar-refractivity contribution in [1.82, 2.24) is 0 Å². The molecule has 0 saturated carbocycles. The van der Waals surface area contributed by atoms with Gasteiger partial charge in [0.05, 0.1) is 95.1 Å². The zero-order valence-electron chi connectivity index (χ0n) is 30.9. The van der Waals surface area contributed by atoms with Gasteiger partial charge in [-0.3, -0.25) is 0 Å². The molecule has 2 unspecified atom stereocenters. The van der Waals surface area contributed by atoms with Crippen LogP contribution in [0.5, 0.6) is 46.0 Å². The molecule has 1 aliphatic carbocycles. The van der Waals surface area contributed by atoms with E-state index < -0.39 is 17.6 Å². The quantitative estimate of drug-likeness (QED) is 0.0934. The maximum absolute atomic E-state index is 6.48. The fourth-order valence-electron chi connectivity index (χ4n) is 7.50. The monoisotopic (exact) mass is 698 g/mol. The number of hydrogen-bond acceptors (Lipinski definition) is 10. The van der Waals surface area contributed by atoms with Gasteiger partial charge in [-0.1, -0.05) is 61.7 Å². The van der Waals surface area contributed by atoms with Crippen molar-refractivity contribution in [2.45, 2.75) is 31.5 Å². The first-order valence-electron chi connectivity index (χ1n) is 16.3. The lowest BCUT2D eigenvalue weighted by molar-refractivity contribution is 0.113. The summed E-state index contributed by atoms with van der Waals surface area (Å²) in [5, 5.41) is 0. The van der Waals surface area contributed by atoms with Gasteiger partial charge in [0.1, 0.15) is 11.5 Å². The van der Waals surface area contributed by atoms with Crippen LogP contribution in [0.2, 0.25) is 0 Å². The van der Waals surface area contributed by atoms with Crippen molar-refractivity contribution >= 4 is 0 Å². The van der Waals surface area contributed by atoms with Crippen molar-refractivity contribution in [1.29, 1.82) is 0 Å². The lowest BCUT2D eigenvalue weighted by atomic mass is 9.65. The third-order valence-corrected chi connectivity index (χ3v) is 9.56. The first-order valence-corrected chi connectivity index (χ1v) is 16.3. The largest absolute Gasteiger partial charge is 0.496 e. The third-order valence-electron chi connectivity index (χ3n) is 9.56. The molecule has 4 aromatic carbocycles. The summed E-state index contributed by atoms with van der Waals surface area (Å²) in [5.41, 5.74) is 4.67. The Morgan fingerprint density at radius 1 is 0.471 bits per heavy atom. The van der Waals surface area contributed by atoms with Crippen molar-refractivity contribution in [3.05, 3.63) is 108 Å². The minimum atomic E-state index is -1.31. The van der Waals surface area contributed by atoms with Crippen LogP contribution in [0.3, 0.4) is 0 Å². The molecule has 0 bridgehead atoms. The molecule has 270 valence electrons. The number of ether oxygens (including phenoxy) is 10. The topological polar surface area (TPSA) is 92.3 Å². The van der Waals surface area contributed by atoms with Crippen molar-refractivity contribution in [3.8, 4) is 57.1 Å². The first-order chi connectivity index (χ1) is 24.8. The molecule has 0 spiro atoms. The first kappa shape index (κ1) is 36.9. The Morgan fingerprint density at radius 3 is 1.10 bits per heavy atom. The predicted molar refractivity (Wildman–Crippen MR) is 196 cm³/mol. The van der Waals surface area contributed by atoms with Crippen molar-refractivity contribution in [2.75, 3.05) is 56.9 Å². The lowest BCUT2D eigenvalue weighted by Gasteiger charge is -2.40. The van der Waals surface area contributed by atoms with Crippen LogP contribution in [-0.2, 0) is 14.9 Å². The molecule has 0 amide bonds. The molecule has 2 atom stereocenters. The van der Waals surface area contributed by atoms with Crippen LogP contribution in [0.1, 0.15) is 59.4 Å². The number of benzene rings is 4. The normalized spacial score (nSPS) is 13.6. The molecule has 4 aromatic rings. The van der Waals surface area contributed by atoms with Crippen LogP contribution in [0.4, 0.5) is 0 Å². The molecule has 10 nitrogen and oxygen atoms in total. The van der Waals surface area contributed by atoms with Crippen LogP contribution in [0.25, 0.3) is 11.1 Å². The second-order valence-corrected chi connectivity index (χ2v) is 11.6. The summed E-state index contributed by atoms with van der Waals surface area (Å²) in [6.45, 7) is 11.5. The van der Waals surface area contributed by atoms with Gasteiger partial charge in [0.15, 0.2) is 23.0 Å². The van der Waals surface area contributed by atoms with E-state index in [1.807, 2.05) is 38.1 Å². The fraction of sp³-hybridized carbons (Fsp3) is 0.317. The Balaban J connectivity index is 2.27. The van der Waals surface area contributed by atoms with Gasteiger partial charge in [0.25, 0.3) is 0 Å². The number of hydrogen-bond donors (Lipinski definition) is 0. The van der Waals surface area contributed by atoms with E-state index in [0.29, 0.717) is 68.2 Å². The summed E-state index contributed by atoms with van der Waals surface area (Å²) in [6.07, 6.45) is 1.55. The second-order valence-electron chi connectivity index (χ2n) is 11.6. The van der Waals surface area contributed by atoms with E-state index in [9.17, 15) is 0 Å². The molecule has 0 heterocycles. The summed E-state index contributed by atoms with van der Waals surface area (Å²) >= 11 is 0. The minimum absolute atomic E-state index is 0.301. The molecule has 0 saturated heterocycles. The SMILES string of the molecule is C=COc1c(OC)c(OC)c(C2(c3c(OC)c(OC)c(OC=C)c(C(C)OC)c3OC)c3ccccc3-c3ccccc32)c(OC)c1C(C)OC. The fourth-order valence-corrected chi connectivity index (χ4v) is 7.50. The summed E-state index contributed by atoms with van der Waals surface area (Å²) < 4.78 is 62.1. The Hall–Kier alpha value is -5.32. The van der Waals surface area contributed by atoms with Gasteiger partial charge >= 0.3 is 0 Å². The van der Waals surface area contributed by atoms with E-state index in [4.69, 9.17) is 47.4 Å². The Morgan fingerprint density at radius 2 is 0.804 bits per heavy atom. The van der Waals surface area contributed by atoms with E-state index in [-0.39, 0.29) is 0 Å². The molecule has 10 heteroatoms. The van der Waals surface area contributed by atoms with Crippen LogP contribution in [0, 0.1) is 0 Å². The highest BCUT2D eigenvalue weighted by atomic mass is 16.5. The van der Waals surface area contributed by atoms with Gasteiger partial charge in [-0.15, -0.1) is 0 Å². The maximum Gasteiger partial charge on any atom is 0.204 e. The van der Waals surface area contributed by atoms with Crippen molar-refractivity contribution in [3.63, 3.8) is 0 Å². The zero-order valence-corrected chi connectivity index (χ0v) is 30.9. The van der Waals surface area contributed by atoms with Crippen LogP contribution in [-0.4, -0.2) is 56.9 Å². The van der Waals surface area contributed by atoms with Gasteiger partial charge in [-0.05, 0) is 36.1 Å². The number of methoxy groups -OCH3 is 8. The van der Waals surface area contributed by atoms with Crippen molar-refractivity contribution < 1.29 is 47.4 Å². The third kappa shape index (κ3) is 5.41. The Bertz CT molecular complexity index is 1790. The van der Waals surface area contributed by atoms with Gasteiger partial charge in [0, 0.05) is 14.2 Å². The molecule has 0 aliphatic heterocycles. The van der Waals surface area contributed by atoms with Gasteiger partial charge in [0.2, 0.25) is 11.5 Å². The molecule has 0 radical (unpaired) electrons. The zero-order chi connectivity index (χ0) is 37.0. The smallest absolute Gasteiger partial charge is 0.204 e. The molecule has 5 rings (SSSR count). The number of rotatable bonds is 16. The second kappa shape index (κ2) is 15.3. The van der Waals surface area contributed by atoms with E-state index in [0.717, 1.165) is 22.3 Å². The van der Waals surface area contributed by atoms with Gasteiger partial charge in [-0.2, -0.15) is 0 Å². The molecular formula is C41H46O10. The Labute approximate surface area is 300 Å². The van der Waals surface area contributed by atoms with Crippen molar-refractivity contribution in [2.24, 2.45) is 0 Å². The summed E-state index contributed by atoms with van der Waals surface area (Å²) in [4.78, 5) is 0. The van der Waals surface area contributed by atoms with Crippen LogP contribution >= 0.6 is 0 Å². The van der Waals surface area contributed by atoms with Crippen LogP contribution < -0.4 is 37.9 Å². The Kier molecular flexibility index (Phi) is 11.1. The van der Waals surface area contributed by atoms with E-state index in [1.54, 1.807) is 56.9 Å². The molecule has 51 heavy (non-hydrogen) atoms. The minimum Gasteiger partial charge on any atom is -0.496 e. The highest BCUT2D eigenvalue weighted by molar-refractivity contribution is 5.92. The van der Waals surface area contributed by atoms with E-state index in [2.05, 4.69) is 37.4 Å². The summed E-state index contributed by atoms with van der Waals surface area (Å²) in [6, 6.07) is 16.3. The molecular weight excluding hydrogens is 652 g/mol. The van der Waals surface area contributed by atoms with E-state index >= 15 is 0 Å². The average molecular weight is 699 g/mol. The highest BCUT2D eigenvalue weighted by Crippen LogP contribution is 2.68. The summed E-state index contributed by atoms with van der Waals surface area (Å²) in [5.74, 6) is 2.76. The predicted octanol–water partition coefficient (Wildman–Crippen LogP) is 8.56. The molecule has 0 aromatic heterocycles. The molecule has 1 aliphatic rings. The molecule has 0 fully saturated rings.